The first-order valence-electron chi connectivity index (χ1n) is 10.2. The van der Waals surface area contributed by atoms with E-state index in [0.717, 1.165) is 29.8 Å². The van der Waals surface area contributed by atoms with E-state index in [4.69, 9.17) is 14.2 Å². The van der Waals surface area contributed by atoms with Crippen LogP contribution in [0, 0.1) is 0 Å². The topological polar surface area (TPSA) is 68.3 Å². The smallest absolute Gasteiger partial charge is 0.323 e. The second-order valence-corrected chi connectivity index (χ2v) is 8.42. The SMILES string of the molecule is COC(=O)[C@H]1CCCCN1CC(=O)N(Cc1cccs1)c1ccc2c(c1)OCCO2. The van der Waals surface area contributed by atoms with Gasteiger partial charge in [0, 0.05) is 16.6 Å². The molecule has 3 heterocycles. The van der Waals surface area contributed by atoms with Crippen LogP contribution in [-0.2, 0) is 20.9 Å². The Kier molecular flexibility index (Phi) is 6.54. The number of amides is 1. The molecule has 1 atom stereocenters. The monoisotopic (exact) mass is 430 g/mol. The molecule has 2 aliphatic heterocycles. The second kappa shape index (κ2) is 9.49. The number of benzene rings is 1. The van der Waals surface area contributed by atoms with Crippen LogP contribution in [0.5, 0.6) is 11.5 Å². The van der Waals surface area contributed by atoms with E-state index in [-0.39, 0.29) is 24.5 Å². The van der Waals surface area contributed by atoms with E-state index in [1.165, 1.54) is 7.11 Å². The van der Waals surface area contributed by atoms with Crippen LogP contribution < -0.4 is 14.4 Å². The summed E-state index contributed by atoms with van der Waals surface area (Å²) in [6.45, 7) is 2.35. The third-order valence-electron chi connectivity index (χ3n) is 5.46. The van der Waals surface area contributed by atoms with Crippen LogP contribution in [0.3, 0.4) is 0 Å². The third-order valence-corrected chi connectivity index (χ3v) is 6.32. The second-order valence-electron chi connectivity index (χ2n) is 7.39. The minimum absolute atomic E-state index is 0.0594. The lowest BCUT2D eigenvalue weighted by Crippen LogP contribution is -2.50. The first-order chi connectivity index (χ1) is 14.7. The summed E-state index contributed by atoms with van der Waals surface area (Å²) in [6, 6.07) is 9.21. The largest absolute Gasteiger partial charge is 0.486 e. The highest BCUT2D eigenvalue weighted by Gasteiger charge is 2.32. The molecule has 1 aromatic carbocycles. The van der Waals surface area contributed by atoms with Crippen LogP contribution in [-0.4, -0.2) is 56.2 Å². The fourth-order valence-corrected chi connectivity index (χ4v) is 4.62. The van der Waals surface area contributed by atoms with Crippen molar-refractivity contribution in [1.29, 1.82) is 0 Å². The fraction of sp³-hybridized carbons (Fsp3) is 0.455. The van der Waals surface area contributed by atoms with Gasteiger partial charge in [0.2, 0.25) is 5.91 Å². The number of likely N-dealkylation sites (tertiary alicyclic amines) is 1. The molecular weight excluding hydrogens is 404 g/mol. The number of nitrogens with zero attached hydrogens (tertiary/aromatic N) is 2. The molecule has 1 saturated heterocycles. The molecule has 1 amide bonds. The van der Waals surface area contributed by atoms with Crippen LogP contribution in [0.2, 0.25) is 0 Å². The number of carbonyl (C=O) groups excluding carboxylic acids is 2. The van der Waals surface area contributed by atoms with Gasteiger partial charge < -0.3 is 19.1 Å². The van der Waals surface area contributed by atoms with Crippen molar-refractivity contribution in [2.45, 2.75) is 31.8 Å². The molecule has 0 radical (unpaired) electrons. The van der Waals surface area contributed by atoms with Crippen LogP contribution in [0.4, 0.5) is 5.69 Å². The predicted molar refractivity (Wildman–Crippen MR) is 114 cm³/mol. The average Bonchev–Trinajstić information content (AvgIpc) is 3.30. The zero-order valence-corrected chi connectivity index (χ0v) is 17.9. The van der Waals surface area contributed by atoms with Crippen molar-refractivity contribution in [3.63, 3.8) is 0 Å². The fourth-order valence-electron chi connectivity index (χ4n) is 3.92. The van der Waals surface area contributed by atoms with Gasteiger partial charge in [-0.3, -0.25) is 14.5 Å². The van der Waals surface area contributed by atoms with Crippen LogP contribution in [0.25, 0.3) is 0 Å². The van der Waals surface area contributed by atoms with Gasteiger partial charge in [0.15, 0.2) is 11.5 Å². The third kappa shape index (κ3) is 4.60. The minimum atomic E-state index is -0.364. The van der Waals surface area contributed by atoms with Crippen LogP contribution in [0.15, 0.2) is 35.7 Å². The first kappa shape index (κ1) is 20.7. The zero-order valence-electron chi connectivity index (χ0n) is 17.0. The molecule has 2 aromatic rings. The molecular formula is C22H26N2O5S. The van der Waals surface area contributed by atoms with Gasteiger partial charge in [-0.1, -0.05) is 12.5 Å². The van der Waals surface area contributed by atoms with Gasteiger partial charge >= 0.3 is 5.97 Å². The lowest BCUT2D eigenvalue weighted by Gasteiger charge is -2.35. The van der Waals surface area contributed by atoms with Crippen molar-refractivity contribution >= 4 is 28.9 Å². The summed E-state index contributed by atoms with van der Waals surface area (Å²) >= 11 is 1.61. The van der Waals surface area contributed by atoms with Crippen molar-refractivity contribution in [2.24, 2.45) is 0 Å². The van der Waals surface area contributed by atoms with Crippen molar-refractivity contribution in [1.82, 2.24) is 4.90 Å². The Morgan fingerprint density at radius 2 is 2.03 bits per heavy atom. The first-order valence-corrected chi connectivity index (χ1v) is 11.1. The Hall–Kier alpha value is -2.58. The van der Waals surface area contributed by atoms with E-state index in [0.29, 0.717) is 37.8 Å². The molecule has 30 heavy (non-hydrogen) atoms. The highest BCUT2D eigenvalue weighted by molar-refractivity contribution is 7.09. The van der Waals surface area contributed by atoms with Crippen molar-refractivity contribution in [3.05, 3.63) is 40.6 Å². The van der Waals surface area contributed by atoms with Crippen LogP contribution in [0.1, 0.15) is 24.1 Å². The number of thiophene rings is 1. The number of piperidine rings is 1. The number of anilines is 1. The van der Waals surface area contributed by atoms with Gasteiger partial charge in [0.1, 0.15) is 19.3 Å². The minimum Gasteiger partial charge on any atom is -0.486 e. The summed E-state index contributed by atoms with van der Waals surface area (Å²) in [5.74, 6) is 1.01. The molecule has 1 aromatic heterocycles. The molecule has 160 valence electrons. The molecule has 8 heteroatoms. The number of carbonyl (C=O) groups is 2. The Morgan fingerprint density at radius 1 is 1.20 bits per heavy atom. The quantitative estimate of drug-likeness (QED) is 0.656. The maximum Gasteiger partial charge on any atom is 0.323 e. The van der Waals surface area contributed by atoms with Gasteiger partial charge in [-0.15, -0.1) is 11.3 Å². The van der Waals surface area contributed by atoms with E-state index in [1.807, 2.05) is 40.6 Å². The summed E-state index contributed by atoms with van der Waals surface area (Å²) in [4.78, 5) is 30.4. The van der Waals surface area contributed by atoms with Gasteiger partial charge in [-0.05, 0) is 43.0 Å². The number of rotatable bonds is 6. The number of hydrogen-bond acceptors (Lipinski definition) is 7. The van der Waals surface area contributed by atoms with E-state index in [9.17, 15) is 9.59 Å². The van der Waals surface area contributed by atoms with E-state index >= 15 is 0 Å². The van der Waals surface area contributed by atoms with E-state index in [2.05, 4.69) is 0 Å². The average molecular weight is 431 g/mol. The van der Waals surface area contributed by atoms with Crippen LogP contribution >= 0.6 is 11.3 Å². The maximum absolute atomic E-state index is 13.4. The lowest BCUT2D eigenvalue weighted by atomic mass is 10.0. The number of fused-ring (bicyclic) bond motifs is 1. The summed E-state index contributed by atoms with van der Waals surface area (Å²) in [5, 5.41) is 2.00. The molecule has 0 unspecified atom stereocenters. The molecule has 1 fully saturated rings. The number of hydrogen-bond donors (Lipinski definition) is 0. The zero-order chi connectivity index (χ0) is 20.9. The van der Waals surface area contributed by atoms with Gasteiger partial charge in [0.25, 0.3) is 0 Å². The molecule has 2 aliphatic rings. The van der Waals surface area contributed by atoms with Crippen molar-refractivity contribution in [2.75, 3.05) is 38.3 Å². The molecule has 0 aliphatic carbocycles. The highest BCUT2D eigenvalue weighted by atomic mass is 32.1. The molecule has 4 rings (SSSR count). The lowest BCUT2D eigenvalue weighted by molar-refractivity contribution is -0.148. The molecule has 0 spiro atoms. The normalized spacial score (nSPS) is 18.6. The molecule has 0 bridgehead atoms. The van der Waals surface area contributed by atoms with E-state index in [1.54, 1.807) is 16.2 Å². The van der Waals surface area contributed by atoms with Gasteiger partial charge in [-0.25, -0.2) is 0 Å². The predicted octanol–water partition coefficient (Wildman–Crippen LogP) is 3.08. The van der Waals surface area contributed by atoms with Gasteiger partial charge in [-0.2, -0.15) is 0 Å². The Bertz CT molecular complexity index is 886. The number of methoxy groups -OCH3 is 1. The summed E-state index contributed by atoms with van der Waals surface area (Å²) in [6.07, 6.45) is 2.65. The summed E-state index contributed by atoms with van der Waals surface area (Å²) in [5.41, 5.74) is 0.754. The highest BCUT2D eigenvalue weighted by Crippen LogP contribution is 2.35. The van der Waals surface area contributed by atoms with Crippen molar-refractivity contribution in [3.8, 4) is 11.5 Å². The molecule has 7 nitrogen and oxygen atoms in total. The Labute approximate surface area is 180 Å². The molecule has 0 N–H and O–H groups in total. The summed E-state index contributed by atoms with van der Waals surface area (Å²) < 4.78 is 16.3. The molecule has 0 saturated carbocycles. The standard InChI is InChI=1S/C22H26N2O5S/c1-27-22(26)18-6-2-3-9-23(18)15-21(25)24(14-17-5-4-12-30-17)16-7-8-19-20(13-16)29-11-10-28-19/h4-5,7-8,12-13,18H,2-3,6,9-11,14-15H2,1H3/t18-/m1/s1. The maximum atomic E-state index is 13.4. The Balaban J connectivity index is 1.57. The summed E-state index contributed by atoms with van der Waals surface area (Å²) in [7, 11) is 1.40. The van der Waals surface area contributed by atoms with Crippen molar-refractivity contribution < 1.29 is 23.8 Å². The number of esters is 1. The van der Waals surface area contributed by atoms with Gasteiger partial charge in [0.05, 0.1) is 20.2 Å². The number of ether oxygens (including phenoxy) is 3. The Morgan fingerprint density at radius 3 is 2.80 bits per heavy atom. The van der Waals surface area contributed by atoms with E-state index < -0.39 is 0 Å².